The second-order valence-corrected chi connectivity index (χ2v) is 18.0. The number of thiazole rings is 1. The maximum atomic E-state index is 14.0. The number of aryl methyl sites for hydroxylation is 1. The zero-order valence-electron chi connectivity index (χ0n) is 36.9. The van der Waals surface area contributed by atoms with E-state index in [9.17, 15) is 19.5 Å². The summed E-state index contributed by atoms with van der Waals surface area (Å²) in [6.45, 7) is 8.50. The van der Waals surface area contributed by atoms with Crippen molar-refractivity contribution in [3.8, 4) is 34.3 Å². The normalized spacial score (nSPS) is 15.4. The zero-order valence-corrected chi connectivity index (χ0v) is 37.7. The fourth-order valence-corrected chi connectivity index (χ4v) is 8.54. The first kappa shape index (κ1) is 46.5. The van der Waals surface area contributed by atoms with Crippen molar-refractivity contribution in [2.45, 2.75) is 110 Å². The minimum atomic E-state index is -0.853. The number of carbonyl (C=O) groups is 3. The van der Waals surface area contributed by atoms with Crippen LogP contribution in [0.5, 0.6) is 11.5 Å². The van der Waals surface area contributed by atoms with Crippen molar-refractivity contribution in [2.75, 3.05) is 25.6 Å². The van der Waals surface area contributed by atoms with Gasteiger partial charge in [0.15, 0.2) is 11.5 Å². The fraction of sp³-hybridized carbons (Fsp3) is 0.429. The van der Waals surface area contributed by atoms with Crippen molar-refractivity contribution in [1.82, 2.24) is 30.5 Å². The van der Waals surface area contributed by atoms with E-state index in [1.54, 1.807) is 18.4 Å². The lowest BCUT2D eigenvalue weighted by Crippen LogP contribution is -2.57. The highest BCUT2D eigenvalue weighted by molar-refractivity contribution is 7.13. The van der Waals surface area contributed by atoms with E-state index in [2.05, 4.69) is 36.8 Å². The van der Waals surface area contributed by atoms with Crippen LogP contribution < -0.4 is 25.4 Å². The van der Waals surface area contributed by atoms with Gasteiger partial charge in [-0.15, -0.1) is 17.8 Å². The Bertz CT molecular complexity index is 2390. The molecule has 0 aliphatic carbocycles. The fourth-order valence-electron chi connectivity index (χ4n) is 7.73. The summed E-state index contributed by atoms with van der Waals surface area (Å²) in [5.41, 5.74) is 6.47. The van der Waals surface area contributed by atoms with E-state index in [1.165, 1.54) is 11.2 Å². The molecular formula is C49H59N7O6S. The Balaban J connectivity index is 0.900. The van der Waals surface area contributed by atoms with Crippen molar-refractivity contribution < 1.29 is 29.0 Å². The summed E-state index contributed by atoms with van der Waals surface area (Å²) in [4.78, 5) is 56.4. The molecule has 3 atom stereocenters. The van der Waals surface area contributed by atoms with Gasteiger partial charge in [-0.25, -0.2) is 15.0 Å². The highest BCUT2D eigenvalue weighted by atomic mass is 32.1. The molecule has 3 heterocycles. The van der Waals surface area contributed by atoms with Gasteiger partial charge >= 0.3 is 0 Å². The van der Waals surface area contributed by atoms with Gasteiger partial charge in [0.2, 0.25) is 17.7 Å². The van der Waals surface area contributed by atoms with E-state index < -0.39 is 23.6 Å². The predicted octanol–water partition coefficient (Wildman–Crippen LogP) is 8.10. The number of terminal acetylenes is 1. The van der Waals surface area contributed by atoms with Crippen LogP contribution in [0.1, 0.15) is 95.4 Å². The summed E-state index contributed by atoms with van der Waals surface area (Å²) in [6, 6.07) is 17.6. The molecule has 0 bridgehead atoms. The molecule has 3 amide bonds. The van der Waals surface area contributed by atoms with Crippen molar-refractivity contribution in [2.24, 2.45) is 5.41 Å². The molecule has 5 aromatic rings. The van der Waals surface area contributed by atoms with Gasteiger partial charge in [-0.05, 0) is 60.6 Å². The molecular weight excluding hydrogens is 815 g/mol. The second-order valence-electron chi connectivity index (χ2n) is 17.1. The number of β-amino-alcohol motifs (C(OH)–C–C–N with tert-alkyl or cyclic N) is 1. The number of aliphatic hydroxyl groups excluding tert-OH is 1. The number of anilines is 2. The lowest BCUT2D eigenvalue weighted by atomic mass is 9.85. The van der Waals surface area contributed by atoms with Crippen molar-refractivity contribution >= 4 is 51.5 Å². The highest BCUT2D eigenvalue weighted by Gasteiger charge is 2.44. The number of hydrogen-bond donors (Lipinski definition) is 4. The molecule has 4 N–H and O–H groups in total. The van der Waals surface area contributed by atoms with Crippen LogP contribution in [0.2, 0.25) is 0 Å². The third-order valence-corrected chi connectivity index (χ3v) is 12.2. The predicted molar refractivity (Wildman–Crippen MR) is 248 cm³/mol. The van der Waals surface area contributed by atoms with Crippen LogP contribution in [0.3, 0.4) is 0 Å². The number of nitrogens with one attached hydrogen (secondary N) is 3. The summed E-state index contributed by atoms with van der Waals surface area (Å²) in [7, 11) is 1.61. The monoisotopic (exact) mass is 873 g/mol. The van der Waals surface area contributed by atoms with Gasteiger partial charge in [0.05, 0.1) is 41.4 Å². The molecule has 6 rings (SSSR count). The second kappa shape index (κ2) is 21.8. The number of benzene rings is 3. The Labute approximate surface area is 374 Å². The average molecular weight is 874 g/mol. The first-order chi connectivity index (χ1) is 30.3. The molecule has 1 fully saturated rings. The molecule has 2 aromatic heterocycles. The van der Waals surface area contributed by atoms with E-state index in [0.717, 1.165) is 82.4 Å². The third kappa shape index (κ3) is 12.5. The summed E-state index contributed by atoms with van der Waals surface area (Å²) >= 11 is 1.58. The maximum Gasteiger partial charge on any atom is 0.246 e. The van der Waals surface area contributed by atoms with Gasteiger partial charge in [0.25, 0.3) is 0 Å². The lowest BCUT2D eigenvalue weighted by Gasteiger charge is -2.35. The lowest BCUT2D eigenvalue weighted by molar-refractivity contribution is -0.144. The molecule has 0 spiro atoms. The Morgan fingerprint density at radius 1 is 0.968 bits per heavy atom. The molecule has 332 valence electrons. The van der Waals surface area contributed by atoms with Crippen molar-refractivity contribution in [1.29, 1.82) is 0 Å². The molecule has 14 heteroatoms. The molecule has 1 aliphatic rings. The minimum Gasteiger partial charge on any atom is -0.493 e. The van der Waals surface area contributed by atoms with Crippen LogP contribution in [0, 0.1) is 24.7 Å². The molecule has 1 saturated heterocycles. The maximum absolute atomic E-state index is 14.0. The number of ether oxygens (including phenoxy) is 2. The number of aliphatic hydroxyl groups is 1. The van der Waals surface area contributed by atoms with Crippen molar-refractivity contribution in [3.63, 3.8) is 0 Å². The van der Waals surface area contributed by atoms with Gasteiger partial charge in [-0.2, -0.15) is 0 Å². The number of nitrogens with zero attached hydrogens (tertiary/aromatic N) is 4. The Morgan fingerprint density at radius 2 is 1.71 bits per heavy atom. The molecule has 1 aliphatic heterocycles. The van der Waals surface area contributed by atoms with E-state index in [4.69, 9.17) is 15.9 Å². The Hall–Kier alpha value is -6.04. The minimum absolute atomic E-state index is 0.0322. The first-order valence-corrected chi connectivity index (χ1v) is 22.6. The van der Waals surface area contributed by atoms with Gasteiger partial charge in [0.1, 0.15) is 24.2 Å². The van der Waals surface area contributed by atoms with Gasteiger partial charge in [-0.3, -0.25) is 14.4 Å². The van der Waals surface area contributed by atoms with E-state index in [0.29, 0.717) is 36.8 Å². The van der Waals surface area contributed by atoms with Gasteiger partial charge in [-0.1, -0.05) is 89.1 Å². The summed E-state index contributed by atoms with van der Waals surface area (Å²) in [5, 5.41) is 20.7. The molecule has 3 aromatic carbocycles. The van der Waals surface area contributed by atoms with Crippen LogP contribution in [0.15, 0.2) is 72.5 Å². The van der Waals surface area contributed by atoms with Crippen molar-refractivity contribution in [3.05, 3.63) is 89.3 Å². The molecule has 0 radical (unpaired) electrons. The standard InChI is InChI=1S/C49H59N7O6S/c1-7-33-16-15-17-36(24-33)54-46-38-26-42(41(61-6)27-39(38)51-30-52-46)62-23-14-12-10-8-9-11-13-18-43(58)55-45(49(3,4)5)48(60)56-29-37(57)25-40(56)47(59)50-28-34-19-21-35(22-20-34)44-32(2)53-31-63-44/h1,15-17,19-22,24,26-27,30-31,37,40,45,57H,8-14,18,23,25,28-29H2,2-6H3,(H,50,59)(H,55,58)(H,51,52,54). The number of amides is 3. The van der Waals surface area contributed by atoms with E-state index >= 15 is 0 Å². The summed E-state index contributed by atoms with van der Waals surface area (Å²) in [5.74, 6) is 3.61. The number of carbonyl (C=O) groups excluding carboxylic acids is 3. The van der Waals surface area contributed by atoms with Crippen LogP contribution in [-0.2, 0) is 20.9 Å². The van der Waals surface area contributed by atoms with Crippen LogP contribution in [0.4, 0.5) is 11.5 Å². The number of rotatable bonds is 20. The van der Waals surface area contributed by atoms with Crippen LogP contribution >= 0.6 is 11.3 Å². The summed E-state index contributed by atoms with van der Waals surface area (Å²) in [6.07, 6.45) is 13.2. The number of hydrogen-bond acceptors (Lipinski definition) is 11. The SMILES string of the molecule is C#Cc1cccc(Nc2ncnc3cc(OC)c(OCCCCCCCCCC(=O)NC(C(=O)N4CC(O)CC4C(=O)NCc4ccc(-c5scnc5C)cc4)C(C)(C)C)cc23)c1. The molecule has 0 saturated carbocycles. The Kier molecular flexibility index (Phi) is 16.1. The van der Waals surface area contributed by atoms with Gasteiger partial charge in [0, 0.05) is 48.6 Å². The highest BCUT2D eigenvalue weighted by Crippen LogP contribution is 2.35. The molecule has 13 nitrogen and oxygen atoms in total. The third-order valence-electron chi connectivity index (χ3n) is 11.2. The topological polar surface area (TPSA) is 168 Å². The number of unbranched alkanes of at least 4 members (excludes halogenated alkanes) is 6. The van der Waals surface area contributed by atoms with E-state index in [-0.39, 0.29) is 37.2 Å². The van der Waals surface area contributed by atoms with Crippen LogP contribution in [-0.4, -0.2) is 81.1 Å². The number of aromatic nitrogens is 3. The summed E-state index contributed by atoms with van der Waals surface area (Å²) < 4.78 is 11.8. The zero-order chi connectivity index (χ0) is 44.9. The van der Waals surface area contributed by atoms with Crippen LogP contribution in [0.25, 0.3) is 21.3 Å². The smallest absolute Gasteiger partial charge is 0.246 e. The van der Waals surface area contributed by atoms with Gasteiger partial charge < -0.3 is 35.4 Å². The number of likely N-dealkylation sites (tertiary alicyclic amines) is 1. The average Bonchev–Trinajstić information content (AvgIpc) is 3.89. The number of fused-ring (bicyclic) bond motifs is 1. The molecule has 3 unspecified atom stereocenters. The molecule has 63 heavy (non-hydrogen) atoms. The largest absolute Gasteiger partial charge is 0.493 e. The quantitative estimate of drug-likeness (QED) is 0.0443. The first-order valence-electron chi connectivity index (χ1n) is 21.7. The van der Waals surface area contributed by atoms with E-state index in [1.807, 2.05) is 93.9 Å². The Morgan fingerprint density at radius 3 is 2.41 bits per heavy atom. The number of methoxy groups -OCH3 is 1.